The highest BCUT2D eigenvalue weighted by Crippen LogP contribution is 2.18. The molecule has 0 aliphatic carbocycles. The van der Waals surface area contributed by atoms with Crippen molar-refractivity contribution in [3.8, 4) is 0 Å². The van der Waals surface area contributed by atoms with E-state index in [2.05, 4.69) is 31.3 Å². The molecule has 0 aliphatic rings. The molecule has 0 bridgehead atoms. The monoisotopic (exact) mass is 348 g/mol. The number of nitrogens with zero attached hydrogens (tertiary/aromatic N) is 3. The predicted octanol–water partition coefficient (Wildman–Crippen LogP) is 3.86. The smallest absolute Gasteiger partial charge is 0.243 e. The quantitative estimate of drug-likeness (QED) is 0.781. The number of hydrogen-bond donors (Lipinski definition) is 1. The molecule has 3 aromatic rings. The summed E-state index contributed by atoms with van der Waals surface area (Å²) in [5.41, 5.74) is 3.06. The lowest BCUT2D eigenvalue weighted by Gasteiger charge is -2.07. The van der Waals surface area contributed by atoms with Gasteiger partial charge in [0.05, 0.1) is 4.47 Å². The van der Waals surface area contributed by atoms with E-state index in [1.807, 2.05) is 30.5 Å². The minimum Gasteiger partial charge on any atom is -0.349 e. The van der Waals surface area contributed by atoms with Crippen LogP contribution in [0.4, 0.5) is 10.3 Å². The number of anilines is 1. The summed E-state index contributed by atoms with van der Waals surface area (Å²) >= 11 is 3.44. The first-order valence-electron chi connectivity index (χ1n) is 6.55. The molecule has 3 rings (SSSR count). The maximum absolute atomic E-state index is 13.6. The number of aryl methyl sites for hydroxylation is 2. The van der Waals surface area contributed by atoms with Crippen molar-refractivity contribution >= 4 is 27.5 Å². The van der Waals surface area contributed by atoms with Crippen LogP contribution in [0.3, 0.4) is 0 Å². The molecule has 0 amide bonds. The molecule has 0 spiro atoms. The zero-order chi connectivity index (χ0) is 15.0. The van der Waals surface area contributed by atoms with Crippen LogP contribution in [0.15, 0.2) is 34.9 Å². The van der Waals surface area contributed by atoms with E-state index in [9.17, 15) is 4.39 Å². The van der Waals surface area contributed by atoms with Gasteiger partial charge in [-0.05, 0) is 58.6 Å². The molecule has 0 atom stereocenters. The van der Waals surface area contributed by atoms with Gasteiger partial charge in [0.2, 0.25) is 5.95 Å². The highest BCUT2D eigenvalue weighted by molar-refractivity contribution is 9.10. The van der Waals surface area contributed by atoms with Crippen molar-refractivity contribution in [2.24, 2.45) is 0 Å². The molecule has 108 valence electrons. The van der Waals surface area contributed by atoms with Gasteiger partial charge in [0, 0.05) is 12.7 Å². The summed E-state index contributed by atoms with van der Waals surface area (Å²) in [4.78, 5) is 4.41. The van der Waals surface area contributed by atoms with Crippen molar-refractivity contribution < 1.29 is 4.39 Å². The van der Waals surface area contributed by atoms with Gasteiger partial charge in [0.25, 0.3) is 0 Å². The van der Waals surface area contributed by atoms with Crippen LogP contribution in [0.1, 0.15) is 16.7 Å². The van der Waals surface area contributed by atoms with Crippen LogP contribution >= 0.6 is 15.9 Å². The van der Waals surface area contributed by atoms with E-state index in [4.69, 9.17) is 0 Å². The molecular formula is C15H14BrFN4. The number of hydrogen-bond acceptors (Lipinski definition) is 3. The summed E-state index contributed by atoms with van der Waals surface area (Å²) in [6, 6.07) is 7.48. The van der Waals surface area contributed by atoms with Gasteiger partial charge >= 0.3 is 0 Å². The van der Waals surface area contributed by atoms with Crippen molar-refractivity contribution in [2.75, 3.05) is 5.32 Å². The molecule has 6 heteroatoms. The third kappa shape index (κ3) is 2.76. The number of halogens is 2. The van der Waals surface area contributed by atoms with Gasteiger partial charge in [-0.1, -0.05) is 12.1 Å². The minimum absolute atomic E-state index is 0.145. The zero-order valence-corrected chi connectivity index (χ0v) is 13.3. The summed E-state index contributed by atoms with van der Waals surface area (Å²) in [6.45, 7) is 4.09. The molecule has 0 unspecified atom stereocenters. The van der Waals surface area contributed by atoms with Gasteiger partial charge in [0.15, 0.2) is 5.65 Å². The van der Waals surface area contributed by atoms with E-state index in [-0.39, 0.29) is 5.82 Å². The molecule has 0 aliphatic heterocycles. The number of pyridine rings is 1. The third-order valence-corrected chi connectivity index (χ3v) is 3.88. The number of nitrogens with one attached hydrogen (secondary N) is 1. The van der Waals surface area contributed by atoms with Crippen molar-refractivity contribution in [3.05, 3.63) is 57.4 Å². The highest BCUT2D eigenvalue weighted by Gasteiger charge is 2.07. The zero-order valence-electron chi connectivity index (χ0n) is 11.7. The maximum Gasteiger partial charge on any atom is 0.243 e. The number of aromatic nitrogens is 3. The summed E-state index contributed by atoms with van der Waals surface area (Å²) in [6.07, 6.45) is 1.84. The first-order valence-corrected chi connectivity index (χ1v) is 7.34. The first kappa shape index (κ1) is 14.0. The van der Waals surface area contributed by atoms with Crippen LogP contribution < -0.4 is 5.32 Å². The number of fused-ring (bicyclic) bond motifs is 1. The van der Waals surface area contributed by atoms with Crippen LogP contribution in [0.5, 0.6) is 0 Å². The van der Waals surface area contributed by atoms with Crippen LogP contribution in [0.25, 0.3) is 5.65 Å². The lowest BCUT2D eigenvalue weighted by atomic mass is 10.1. The maximum atomic E-state index is 13.6. The second-order valence-corrected chi connectivity index (χ2v) is 5.81. The molecule has 0 saturated heterocycles. The summed E-state index contributed by atoms with van der Waals surface area (Å²) in [7, 11) is 0. The van der Waals surface area contributed by atoms with Gasteiger partial charge in [0.1, 0.15) is 5.82 Å². The van der Waals surface area contributed by atoms with E-state index in [0.717, 1.165) is 15.7 Å². The van der Waals surface area contributed by atoms with E-state index >= 15 is 0 Å². The number of rotatable bonds is 3. The second kappa shape index (κ2) is 5.44. The fourth-order valence-electron chi connectivity index (χ4n) is 2.27. The van der Waals surface area contributed by atoms with Crippen molar-refractivity contribution in [2.45, 2.75) is 20.4 Å². The van der Waals surface area contributed by atoms with Crippen LogP contribution in [0, 0.1) is 19.7 Å². The van der Waals surface area contributed by atoms with Gasteiger partial charge in [-0.25, -0.2) is 8.91 Å². The Hall–Kier alpha value is -1.95. The molecule has 0 radical (unpaired) electrons. The Balaban J connectivity index is 1.82. The second-order valence-electron chi connectivity index (χ2n) is 4.96. The average molecular weight is 349 g/mol. The molecule has 2 heterocycles. The van der Waals surface area contributed by atoms with Crippen molar-refractivity contribution in [1.29, 1.82) is 0 Å². The molecule has 1 aromatic carbocycles. The molecule has 0 saturated carbocycles. The molecular weight excluding hydrogens is 335 g/mol. The Morgan fingerprint density at radius 3 is 2.67 bits per heavy atom. The fourth-order valence-corrected chi connectivity index (χ4v) is 2.69. The highest BCUT2D eigenvalue weighted by atomic mass is 79.9. The Kier molecular flexibility index (Phi) is 3.63. The predicted molar refractivity (Wildman–Crippen MR) is 83.9 cm³/mol. The average Bonchev–Trinajstić information content (AvgIpc) is 2.87. The van der Waals surface area contributed by atoms with Gasteiger partial charge < -0.3 is 5.32 Å². The third-order valence-electron chi connectivity index (χ3n) is 3.26. The largest absolute Gasteiger partial charge is 0.349 e. The molecule has 1 N–H and O–H groups in total. The van der Waals surface area contributed by atoms with Gasteiger partial charge in [-0.2, -0.15) is 4.98 Å². The van der Waals surface area contributed by atoms with E-state index in [1.165, 1.54) is 0 Å². The summed E-state index contributed by atoms with van der Waals surface area (Å²) < 4.78 is 16.2. The SMILES string of the molecule is Cc1cc(CNc2nc3c(Br)cccn3n2)cc(C)c1F. The van der Waals surface area contributed by atoms with Gasteiger partial charge in [-0.15, -0.1) is 5.10 Å². The summed E-state index contributed by atoms with van der Waals surface area (Å²) in [5, 5.41) is 7.51. The Bertz CT molecular complexity index is 790. The molecule has 21 heavy (non-hydrogen) atoms. The lowest BCUT2D eigenvalue weighted by Crippen LogP contribution is -2.03. The normalized spacial score (nSPS) is 11.0. The van der Waals surface area contributed by atoms with E-state index < -0.39 is 0 Å². The molecule has 2 aromatic heterocycles. The van der Waals surface area contributed by atoms with E-state index in [1.54, 1.807) is 18.4 Å². The summed E-state index contributed by atoms with van der Waals surface area (Å²) in [5.74, 6) is 0.398. The van der Waals surface area contributed by atoms with Crippen molar-refractivity contribution in [1.82, 2.24) is 14.6 Å². The number of benzene rings is 1. The fraction of sp³-hybridized carbons (Fsp3) is 0.200. The Morgan fingerprint density at radius 2 is 2.00 bits per heavy atom. The van der Waals surface area contributed by atoms with Crippen LogP contribution in [-0.4, -0.2) is 14.6 Å². The standard InChI is InChI=1S/C15H14BrFN4/c1-9-6-11(7-10(2)13(9)17)8-18-15-19-14-12(16)4-3-5-21(14)20-15/h3-7H,8H2,1-2H3,(H,18,20). The molecule has 0 fully saturated rings. The van der Waals surface area contributed by atoms with E-state index in [0.29, 0.717) is 23.6 Å². The Labute approximate surface area is 130 Å². The minimum atomic E-state index is -0.145. The molecule has 4 nitrogen and oxygen atoms in total. The Morgan fingerprint density at radius 1 is 1.29 bits per heavy atom. The van der Waals surface area contributed by atoms with Crippen LogP contribution in [0.2, 0.25) is 0 Å². The topological polar surface area (TPSA) is 42.2 Å². The van der Waals surface area contributed by atoms with Crippen molar-refractivity contribution in [3.63, 3.8) is 0 Å². The first-order chi connectivity index (χ1) is 10.0. The lowest BCUT2D eigenvalue weighted by molar-refractivity contribution is 0.608. The van der Waals surface area contributed by atoms with Crippen LogP contribution in [-0.2, 0) is 6.54 Å². The van der Waals surface area contributed by atoms with Gasteiger partial charge in [-0.3, -0.25) is 0 Å².